The van der Waals surface area contributed by atoms with Gasteiger partial charge in [-0.1, -0.05) is 31.5 Å². The topological polar surface area (TPSA) is 34.1 Å². The van der Waals surface area contributed by atoms with Gasteiger partial charge in [0.25, 0.3) is 0 Å². The molecule has 0 saturated carbocycles. The first-order valence-electron chi connectivity index (χ1n) is 6.73. The quantitative estimate of drug-likeness (QED) is 0.778. The van der Waals surface area contributed by atoms with Crippen LogP contribution in [0.3, 0.4) is 0 Å². The van der Waals surface area contributed by atoms with Gasteiger partial charge < -0.3 is 10.1 Å². The molecule has 0 aliphatic heterocycles. The molecule has 2 aromatic rings. The molecule has 19 heavy (non-hydrogen) atoms. The third kappa shape index (κ3) is 3.71. The number of hydrogen-bond acceptors (Lipinski definition) is 3. The van der Waals surface area contributed by atoms with E-state index in [0.717, 1.165) is 35.8 Å². The average Bonchev–Trinajstić information content (AvgIpc) is 2.43. The number of para-hydroxylation sites is 1. The van der Waals surface area contributed by atoms with Crippen LogP contribution in [0.15, 0.2) is 42.6 Å². The number of anilines is 1. The van der Waals surface area contributed by atoms with Gasteiger partial charge in [-0.2, -0.15) is 0 Å². The van der Waals surface area contributed by atoms with E-state index in [1.54, 1.807) is 6.20 Å². The second-order valence-electron chi connectivity index (χ2n) is 4.46. The standard InChI is InChI=1S/C16H20N2O/c1-3-4-11-18-16-13(2)17-12-10-15(16)19-14-8-6-5-7-9-14/h5-10,12,18H,3-4,11H2,1-2H3. The van der Waals surface area contributed by atoms with Crippen molar-refractivity contribution in [2.45, 2.75) is 26.7 Å². The molecule has 3 heteroatoms. The number of unbranched alkanes of at least 4 members (excludes halogenated alkanes) is 1. The molecule has 1 aromatic heterocycles. The molecular formula is C16H20N2O. The SMILES string of the molecule is CCCCNc1c(Oc2ccccc2)ccnc1C. The van der Waals surface area contributed by atoms with Crippen molar-refractivity contribution in [3.05, 3.63) is 48.3 Å². The summed E-state index contributed by atoms with van der Waals surface area (Å²) in [4.78, 5) is 4.32. The van der Waals surface area contributed by atoms with Crippen LogP contribution in [0.2, 0.25) is 0 Å². The highest BCUT2D eigenvalue weighted by Gasteiger charge is 2.08. The number of aryl methyl sites for hydroxylation is 1. The minimum atomic E-state index is 0.829. The number of nitrogens with zero attached hydrogens (tertiary/aromatic N) is 1. The summed E-state index contributed by atoms with van der Waals surface area (Å²) in [6.45, 7) is 5.11. The smallest absolute Gasteiger partial charge is 0.153 e. The molecule has 0 spiro atoms. The zero-order valence-electron chi connectivity index (χ0n) is 11.5. The largest absolute Gasteiger partial charge is 0.455 e. The van der Waals surface area contributed by atoms with Gasteiger partial charge in [0.05, 0.1) is 11.4 Å². The summed E-state index contributed by atoms with van der Waals surface area (Å²) < 4.78 is 5.92. The Hall–Kier alpha value is -2.03. The maximum atomic E-state index is 5.92. The van der Waals surface area contributed by atoms with Crippen molar-refractivity contribution in [3.63, 3.8) is 0 Å². The summed E-state index contributed by atoms with van der Waals surface area (Å²) in [6, 6.07) is 11.7. The van der Waals surface area contributed by atoms with Crippen molar-refractivity contribution in [2.24, 2.45) is 0 Å². The van der Waals surface area contributed by atoms with E-state index < -0.39 is 0 Å². The molecule has 1 heterocycles. The Bertz CT molecular complexity index is 511. The first kappa shape index (κ1) is 13.4. The number of pyridine rings is 1. The van der Waals surface area contributed by atoms with Crippen LogP contribution < -0.4 is 10.1 Å². The second kappa shape index (κ2) is 6.78. The normalized spacial score (nSPS) is 10.2. The molecule has 0 amide bonds. The fraction of sp³-hybridized carbons (Fsp3) is 0.312. The number of ether oxygens (including phenoxy) is 1. The molecule has 0 fully saturated rings. The van der Waals surface area contributed by atoms with Crippen LogP contribution in [0.1, 0.15) is 25.5 Å². The lowest BCUT2D eigenvalue weighted by molar-refractivity contribution is 0.483. The number of nitrogens with one attached hydrogen (secondary N) is 1. The van der Waals surface area contributed by atoms with Gasteiger partial charge in [-0.25, -0.2) is 0 Å². The summed E-state index contributed by atoms with van der Waals surface area (Å²) in [5.74, 6) is 1.67. The van der Waals surface area contributed by atoms with Gasteiger partial charge in [-0.05, 0) is 25.5 Å². The second-order valence-corrected chi connectivity index (χ2v) is 4.46. The molecule has 0 radical (unpaired) electrons. The third-order valence-electron chi connectivity index (χ3n) is 2.91. The Morgan fingerprint density at radius 3 is 2.68 bits per heavy atom. The summed E-state index contributed by atoms with van der Waals surface area (Å²) in [6.07, 6.45) is 4.08. The van der Waals surface area contributed by atoms with Crippen LogP contribution in [-0.2, 0) is 0 Å². The molecule has 100 valence electrons. The third-order valence-corrected chi connectivity index (χ3v) is 2.91. The maximum absolute atomic E-state index is 5.92. The van der Waals surface area contributed by atoms with E-state index >= 15 is 0 Å². The molecule has 2 rings (SSSR count). The van der Waals surface area contributed by atoms with Crippen LogP contribution >= 0.6 is 0 Å². The average molecular weight is 256 g/mol. The molecule has 0 unspecified atom stereocenters. The van der Waals surface area contributed by atoms with Gasteiger partial charge in [-0.15, -0.1) is 0 Å². The van der Waals surface area contributed by atoms with E-state index in [4.69, 9.17) is 4.74 Å². The Labute approximate surface area is 114 Å². The number of benzene rings is 1. The Morgan fingerprint density at radius 2 is 1.95 bits per heavy atom. The summed E-state index contributed by atoms with van der Waals surface area (Å²) in [5.41, 5.74) is 1.95. The van der Waals surface area contributed by atoms with Gasteiger partial charge in [-0.3, -0.25) is 4.98 Å². The molecule has 0 bridgehead atoms. The molecule has 0 atom stereocenters. The van der Waals surface area contributed by atoms with E-state index in [1.807, 2.05) is 43.3 Å². The number of rotatable bonds is 6. The minimum absolute atomic E-state index is 0.829. The van der Waals surface area contributed by atoms with Gasteiger partial charge in [0, 0.05) is 18.8 Å². The molecule has 3 nitrogen and oxygen atoms in total. The van der Waals surface area contributed by atoms with Crippen LogP contribution in [0, 0.1) is 6.92 Å². The first-order chi connectivity index (χ1) is 9.31. The highest BCUT2D eigenvalue weighted by molar-refractivity contribution is 5.60. The monoisotopic (exact) mass is 256 g/mol. The van der Waals surface area contributed by atoms with Crippen molar-refractivity contribution in [1.29, 1.82) is 0 Å². The van der Waals surface area contributed by atoms with E-state index in [9.17, 15) is 0 Å². The van der Waals surface area contributed by atoms with E-state index in [-0.39, 0.29) is 0 Å². The van der Waals surface area contributed by atoms with E-state index in [2.05, 4.69) is 17.2 Å². The minimum Gasteiger partial charge on any atom is -0.455 e. The Morgan fingerprint density at radius 1 is 1.16 bits per heavy atom. The lowest BCUT2D eigenvalue weighted by Gasteiger charge is -2.14. The number of aromatic nitrogens is 1. The summed E-state index contributed by atoms with van der Waals surface area (Å²) >= 11 is 0. The molecule has 1 N–H and O–H groups in total. The van der Waals surface area contributed by atoms with Crippen LogP contribution in [0.5, 0.6) is 11.5 Å². The van der Waals surface area contributed by atoms with Gasteiger partial charge in [0.2, 0.25) is 0 Å². The maximum Gasteiger partial charge on any atom is 0.153 e. The molecule has 0 aliphatic rings. The molecule has 1 aromatic carbocycles. The molecule has 0 aliphatic carbocycles. The zero-order chi connectivity index (χ0) is 13.5. The van der Waals surface area contributed by atoms with E-state index in [0.29, 0.717) is 0 Å². The van der Waals surface area contributed by atoms with Crippen molar-refractivity contribution >= 4 is 5.69 Å². The highest BCUT2D eigenvalue weighted by Crippen LogP contribution is 2.30. The van der Waals surface area contributed by atoms with Crippen molar-refractivity contribution in [2.75, 3.05) is 11.9 Å². The van der Waals surface area contributed by atoms with Crippen molar-refractivity contribution in [3.8, 4) is 11.5 Å². The predicted molar refractivity (Wildman–Crippen MR) is 78.9 cm³/mol. The van der Waals surface area contributed by atoms with Gasteiger partial charge in [0.1, 0.15) is 5.75 Å². The Balaban J connectivity index is 2.17. The predicted octanol–water partition coefficient (Wildman–Crippen LogP) is 4.39. The fourth-order valence-corrected chi connectivity index (χ4v) is 1.85. The van der Waals surface area contributed by atoms with E-state index in [1.165, 1.54) is 6.42 Å². The van der Waals surface area contributed by atoms with Crippen molar-refractivity contribution in [1.82, 2.24) is 4.98 Å². The van der Waals surface area contributed by atoms with Crippen LogP contribution in [-0.4, -0.2) is 11.5 Å². The van der Waals surface area contributed by atoms with Gasteiger partial charge >= 0.3 is 0 Å². The van der Waals surface area contributed by atoms with Crippen molar-refractivity contribution < 1.29 is 4.74 Å². The van der Waals surface area contributed by atoms with Gasteiger partial charge in [0.15, 0.2) is 5.75 Å². The zero-order valence-corrected chi connectivity index (χ0v) is 11.5. The lowest BCUT2D eigenvalue weighted by atomic mass is 10.2. The lowest BCUT2D eigenvalue weighted by Crippen LogP contribution is -2.05. The summed E-state index contributed by atoms with van der Waals surface area (Å²) in [7, 11) is 0. The first-order valence-corrected chi connectivity index (χ1v) is 6.73. The highest BCUT2D eigenvalue weighted by atomic mass is 16.5. The molecule has 0 saturated heterocycles. The summed E-state index contributed by atoms with van der Waals surface area (Å²) in [5, 5.41) is 3.42. The van der Waals surface area contributed by atoms with Crippen LogP contribution in [0.25, 0.3) is 0 Å². The fourth-order valence-electron chi connectivity index (χ4n) is 1.85. The molecular weight excluding hydrogens is 236 g/mol. The number of hydrogen-bond donors (Lipinski definition) is 1. The van der Waals surface area contributed by atoms with Crippen LogP contribution in [0.4, 0.5) is 5.69 Å². The Kier molecular flexibility index (Phi) is 4.78.